The zero-order chi connectivity index (χ0) is 25.9. The average Bonchev–Trinajstić information content (AvgIpc) is 3.09. The summed E-state index contributed by atoms with van der Waals surface area (Å²) in [4.78, 5) is 11.5. The molecule has 0 aromatic carbocycles. The van der Waals surface area contributed by atoms with Crippen molar-refractivity contribution in [1.82, 2.24) is 0 Å². The van der Waals surface area contributed by atoms with Crippen LogP contribution in [-0.4, -0.2) is 17.3 Å². The number of unbranched alkanes of at least 4 members (excludes halogenated alkanes) is 2. The molecule has 2 N–H and O–H groups in total. The first-order chi connectivity index (χ1) is 16.1. The van der Waals surface area contributed by atoms with Crippen LogP contribution in [0.2, 0.25) is 0 Å². The third kappa shape index (κ3) is 4.50. The van der Waals surface area contributed by atoms with Gasteiger partial charge in [-0.3, -0.25) is 0 Å². The number of rotatable bonds is 6. The Balaban J connectivity index is 1.45. The summed E-state index contributed by atoms with van der Waals surface area (Å²) >= 11 is 0. The molecule has 8 atom stereocenters. The number of hydrogen-bond donors (Lipinski definition) is 1. The lowest BCUT2D eigenvalue weighted by atomic mass is 9.41. The molecule has 202 valence electrons. The summed E-state index contributed by atoms with van der Waals surface area (Å²) in [6.07, 6.45) is 8.04. The first kappa shape index (κ1) is 27.4. The third-order valence-corrected chi connectivity index (χ3v) is 11.8. The molecule has 6 heteroatoms. The summed E-state index contributed by atoms with van der Waals surface area (Å²) in [5.41, 5.74) is 5.14. The fourth-order valence-electron chi connectivity index (χ4n) is 9.66. The fraction of sp³-hybridized carbons (Fsp3) is 1.00. The van der Waals surface area contributed by atoms with Crippen LogP contribution in [0.4, 0.5) is 13.2 Å². The molecule has 0 aliphatic heterocycles. The van der Waals surface area contributed by atoms with Gasteiger partial charge in [0.15, 0.2) is 5.54 Å². The van der Waals surface area contributed by atoms with E-state index < -0.39 is 11.7 Å². The summed E-state index contributed by atoms with van der Waals surface area (Å²) in [7, 11) is 0. The highest BCUT2D eigenvalue weighted by molar-refractivity contribution is 5.19. The summed E-state index contributed by atoms with van der Waals surface area (Å²) in [5.74, 6) is 1.30. The molecule has 0 heterocycles. The molecule has 0 bridgehead atoms. The minimum atomic E-state index is -4.57. The Morgan fingerprint density at radius 2 is 1.54 bits per heavy atom. The molecule has 4 saturated carbocycles. The maximum Gasteiger partial charge on any atom is 0.417 e. The van der Waals surface area contributed by atoms with Crippen molar-refractivity contribution in [3.05, 3.63) is 4.91 Å². The predicted molar refractivity (Wildman–Crippen MR) is 136 cm³/mol. The highest BCUT2D eigenvalue weighted by atomic mass is 19.4. The highest BCUT2D eigenvalue weighted by Crippen LogP contribution is 2.70. The second kappa shape index (κ2) is 8.98. The van der Waals surface area contributed by atoms with Gasteiger partial charge >= 0.3 is 6.18 Å². The summed E-state index contributed by atoms with van der Waals surface area (Å²) in [6, 6.07) is 0. The number of nitroso groups, excluding NO2 is 1. The first-order valence-corrected chi connectivity index (χ1v) is 14.3. The zero-order valence-electron chi connectivity index (χ0n) is 22.8. The number of nitrogens with two attached hydrogens (primary N) is 1. The Morgan fingerprint density at radius 1 is 0.857 bits per heavy atom. The van der Waals surface area contributed by atoms with Gasteiger partial charge in [0.05, 0.1) is 0 Å². The molecule has 3 nitrogen and oxygen atoms in total. The van der Waals surface area contributed by atoms with Crippen molar-refractivity contribution in [1.29, 1.82) is 0 Å². The Kier molecular flexibility index (Phi) is 7.02. The molecule has 4 aliphatic carbocycles. The van der Waals surface area contributed by atoms with Crippen molar-refractivity contribution >= 4 is 0 Å². The Labute approximate surface area is 210 Å². The molecule has 7 unspecified atom stereocenters. The molecule has 4 fully saturated rings. The second-order valence-electron chi connectivity index (χ2n) is 14.8. The van der Waals surface area contributed by atoms with Crippen LogP contribution in [0, 0.1) is 44.8 Å². The van der Waals surface area contributed by atoms with E-state index >= 15 is 0 Å². The predicted octanol–water partition coefficient (Wildman–Crippen LogP) is 8.79. The maximum absolute atomic E-state index is 13.8. The zero-order valence-corrected chi connectivity index (χ0v) is 22.8. The quantitative estimate of drug-likeness (QED) is 0.294. The van der Waals surface area contributed by atoms with E-state index in [0.717, 1.165) is 25.2 Å². The van der Waals surface area contributed by atoms with Gasteiger partial charge in [-0.05, 0) is 111 Å². The van der Waals surface area contributed by atoms with Crippen LogP contribution in [0.3, 0.4) is 0 Å². The lowest BCUT2D eigenvalue weighted by molar-refractivity contribution is -0.220. The molecule has 0 spiro atoms. The summed E-state index contributed by atoms with van der Waals surface area (Å²) in [6.45, 7) is 11.6. The van der Waals surface area contributed by atoms with Crippen LogP contribution in [0.25, 0.3) is 0 Å². The average molecular weight is 499 g/mol. The van der Waals surface area contributed by atoms with Gasteiger partial charge in [-0.25, -0.2) is 0 Å². The number of alkyl halides is 3. The standard InChI is InChI=1S/C29H49F3N2O/c1-24(2,3)14-8-6-7-9-20-10-11-22-25(20,4)15-13-23-26(5)17-18-27(34-35,29(30,31)32)19-21(26)12-16-28(22,23)33/h20-23H,6-19,33H2,1-5H3/t20?,21?,22?,23?,25?,26?,27-,28?/m0/s1. The normalized spacial score (nSPS) is 46.0. The van der Waals surface area contributed by atoms with E-state index in [1.165, 1.54) is 44.9 Å². The van der Waals surface area contributed by atoms with Gasteiger partial charge in [-0.1, -0.05) is 59.1 Å². The molecule has 0 aromatic heterocycles. The number of fused-ring (bicyclic) bond motifs is 5. The summed E-state index contributed by atoms with van der Waals surface area (Å²) < 4.78 is 41.5. The largest absolute Gasteiger partial charge is 0.417 e. The van der Waals surface area contributed by atoms with Crippen molar-refractivity contribution in [2.45, 2.75) is 142 Å². The third-order valence-electron chi connectivity index (χ3n) is 11.8. The van der Waals surface area contributed by atoms with Gasteiger partial charge in [0, 0.05) is 5.54 Å². The SMILES string of the molecule is CC(C)(C)CCCCCC1CCC2C1(C)CCC1C3(C)CC[C@@](N=O)(C(F)(F)F)CC3CCC21N. The lowest BCUT2D eigenvalue weighted by Crippen LogP contribution is -2.69. The van der Waals surface area contributed by atoms with Gasteiger partial charge in [0.25, 0.3) is 0 Å². The van der Waals surface area contributed by atoms with E-state index in [4.69, 9.17) is 5.73 Å². The van der Waals surface area contributed by atoms with E-state index in [0.29, 0.717) is 24.2 Å². The van der Waals surface area contributed by atoms with Gasteiger partial charge in [-0.2, -0.15) is 13.2 Å². The molecule has 0 amide bonds. The Bertz CT molecular complexity index is 794. The molecule has 0 radical (unpaired) electrons. The maximum atomic E-state index is 13.8. The molecule has 35 heavy (non-hydrogen) atoms. The van der Waals surface area contributed by atoms with Crippen LogP contribution in [0.5, 0.6) is 0 Å². The molecule has 4 rings (SSSR count). The monoisotopic (exact) mass is 498 g/mol. The van der Waals surface area contributed by atoms with E-state index in [1.807, 2.05) is 0 Å². The minimum absolute atomic E-state index is 0.123. The Morgan fingerprint density at radius 3 is 2.17 bits per heavy atom. The van der Waals surface area contributed by atoms with E-state index in [2.05, 4.69) is 39.8 Å². The Hall–Kier alpha value is -0.650. The number of halogens is 3. The van der Waals surface area contributed by atoms with Crippen LogP contribution in [0.1, 0.15) is 125 Å². The van der Waals surface area contributed by atoms with Gasteiger partial charge in [0.2, 0.25) is 0 Å². The van der Waals surface area contributed by atoms with Crippen LogP contribution >= 0.6 is 0 Å². The van der Waals surface area contributed by atoms with E-state index in [-0.39, 0.29) is 41.0 Å². The van der Waals surface area contributed by atoms with Crippen LogP contribution in [-0.2, 0) is 0 Å². The van der Waals surface area contributed by atoms with Crippen LogP contribution < -0.4 is 5.73 Å². The molecule has 0 aromatic rings. The van der Waals surface area contributed by atoms with Crippen molar-refractivity contribution < 1.29 is 13.2 Å². The minimum Gasteiger partial charge on any atom is -0.325 e. The molecular formula is C29H49F3N2O. The van der Waals surface area contributed by atoms with Crippen LogP contribution in [0.15, 0.2) is 5.18 Å². The highest BCUT2D eigenvalue weighted by Gasteiger charge is 2.69. The topological polar surface area (TPSA) is 55.5 Å². The lowest BCUT2D eigenvalue weighted by Gasteiger charge is -2.66. The van der Waals surface area contributed by atoms with Crippen molar-refractivity contribution in [2.75, 3.05) is 0 Å². The summed E-state index contributed by atoms with van der Waals surface area (Å²) in [5, 5.41) is 2.72. The number of nitrogens with zero attached hydrogens (tertiary/aromatic N) is 1. The number of hydrogen-bond acceptors (Lipinski definition) is 3. The molecule has 0 saturated heterocycles. The van der Waals surface area contributed by atoms with Gasteiger partial charge < -0.3 is 5.73 Å². The van der Waals surface area contributed by atoms with Gasteiger partial charge in [0.1, 0.15) is 0 Å². The fourth-order valence-corrected chi connectivity index (χ4v) is 9.66. The smallest absolute Gasteiger partial charge is 0.325 e. The van der Waals surface area contributed by atoms with Crippen molar-refractivity contribution in [2.24, 2.45) is 50.8 Å². The van der Waals surface area contributed by atoms with E-state index in [1.54, 1.807) is 0 Å². The van der Waals surface area contributed by atoms with E-state index in [9.17, 15) is 18.1 Å². The molecular weight excluding hydrogens is 449 g/mol. The van der Waals surface area contributed by atoms with Crippen molar-refractivity contribution in [3.63, 3.8) is 0 Å². The second-order valence-corrected chi connectivity index (χ2v) is 14.8. The van der Waals surface area contributed by atoms with Crippen molar-refractivity contribution in [3.8, 4) is 0 Å². The van der Waals surface area contributed by atoms with Gasteiger partial charge in [-0.15, -0.1) is 4.91 Å². The first-order valence-electron chi connectivity index (χ1n) is 14.3. The molecule has 4 aliphatic rings.